The zero-order chi connectivity index (χ0) is 18.8. The highest BCUT2D eigenvalue weighted by Crippen LogP contribution is 2.25. The molecule has 0 bridgehead atoms. The number of hydrogen-bond donors (Lipinski definition) is 1. The fraction of sp³-hybridized carbons (Fsp3) is 0.333. The van der Waals surface area contributed by atoms with E-state index in [2.05, 4.69) is 15.6 Å². The molecule has 8 nitrogen and oxygen atoms in total. The van der Waals surface area contributed by atoms with E-state index in [9.17, 15) is 9.59 Å². The van der Waals surface area contributed by atoms with Crippen molar-refractivity contribution in [1.82, 2.24) is 14.9 Å². The molecule has 1 N–H and O–H groups in total. The molecule has 2 aromatic heterocycles. The number of fused-ring (bicyclic) bond motifs is 1. The Morgan fingerprint density at radius 2 is 2.08 bits per heavy atom. The average Bonchev–Trinajstić information content (AvgIpc) is 3.03. The van der Waals surface area contributed by atoms with Crippen LogP contribution in [0.15, 0.2) is 33.6 Å². The number of para-hydroxylation sites is 2. The van der Waals surface area contributed by atoms with E-state index in [4.69, 9.17) is 9.26 Å². The SMILES string of the molecule is CC[C@@H](C(=O)Nc1ccccc1OC)n1nc(C)c2c(C)onc2c1=O. The van der Waals surface area contributed by atoms with E-state index in [1.807, 2.05) is 13.0 Å². The van der Waals surface area contributed by atoms with Gasteiger partial charge in [0, 0.05) is 0 Å². The molecule has 0 saturated heterocycles. The van der Waals surface area contributed by atoms with Gasteiger partial charge in [0.1, 0.15) is 17.6 Å². The zero-order valence-corrected chi connectivity index (χ0v) is 15.1. The van der Waals surface area contributed by atoms with Crippen molar-refractivity contribution in [3.63, 3.8) is 0 Å². The van der Waals surface area contributed by atoms with Crippen LogP contribution in [-0.4, -0.2) is 28.0 Å². The van der Waals surface area contributed by atoms with Gasteiger partial charge >= 0.3 is 0 Å². The Balaban J connectivity index is 2.01. The van der Waals surface area contributed by atoms with Crippen molar-refractivity contribution in [1.29, 1.82) is 0 Å². The number of benzene rings is 1. The molecule has 1 atom stereocenters. The normalized spacial score (nSPS) is 12.2. The third-order valence-electron chi connectivity index (χ3n) is 4.24. The number of nitrogens with zero attached hydrogens (tertiary/aromatic N) is 3. The maximum atomic E-state index is 12.8. The summed E-state index contributed by atoms with van der Waals surface area (Å²) in [6.07, 6.45) is 0.385. The molecule has 0 fully saturated rings. The van der Waals surface area contributed by atoms with Crippen molar-refractivity contribution in [2.24, 2.45) is 0 Å². The number of rotatable bonds is 5. The average molecular weight is 356 g/mol. The molecule has 3 aromatic rings. The second-order valence-electron chi connectivity index (χ2n) is 5.91. The van der Waals surface area contributed by atoms with E-state index in [1.165, 1.54) is 11.8 Å². The number of aromatic nitrogens is 3. The van der Waals surface area contributed by atoms with Gasteiger partial charge in [-0.1, -0.05) is 24.2 Å². The molecule has 0 radical (unpaired) electrons. The molecule has 0 unspecified atom stereocenters. The highest BCUT2D eigenvalue weighted by Gasteiger charge is 2.25. The summed E-state index contributed by atoms with van der Waals surface area (Å²) in [6, 6.07) is 6.29. The lowest BCUT2D eigenvalue weighted by Gasteiger charge is -2.18. The topological polar surface area (TPSA) is 99.2 Å². The van der Waals surface area contributed by atoms with Crippen molar-refractivity contribution >= 4 is 22.5 Å². The highest BCUT2D eigenvalue weighted by molar-refractivity contribution is 5.95. The molecule has 0 spiro atoms. The van der Waals surface area contributed by atoms with Gasteiger partial charge in [-0.3, -0.25) is 9.59 Å². The Morgan fingerprint density at radius 3 is 2.77 bits per heavy atom. The second kappa shape index (κ2) is 6.99. The van der Waals surface area contributed by atoms with Gasteiger partial charge in [0.25, 0.3) is 5.56 Å². The maximum absolute atomic E-state index is 12.8. The van der Waals surface area contributed by atoms with E-state index in [-0.39, 0.29) is 11.4 Å². The highest BCUT2D eigenvalue weighted by atomic mass is 16.5. The number of hydrogen-bond acceptors (Lipinski definition) is 6. The van der Waals surface area contributed by atoms with Crippen LogP contribution >= 0.6 is 0 Å². The van der Waals surface area contributed by atoms with Crippen LogP contribution in [0.4, 0.5) is 5.69 Å². The first-order valence-corrected chi connectivity index (χ1v) is 8.27. The standard InChI is InChI=1S/C18H20N4O4/c1-5-13(17(23)19-12-8-6-7-9-14(12)25-4)22-18(24)16-15(10(2)20-22)11(3)26-21-16/h6-9,13H,5H2,1-4H3,(H,19,23)/t13-/m0/s1. The summed E-state index contributed by atoms with van der Waals surface area (Å²) >= 11 is 0. The van der Waals surface area contributed by atoms with Gasteiger partial charge in [-0.15, -0.1) is 0 Å². The van der Waals surface area contributed by atoms with Crippen LogP contribution in [-0.2, 0) is 4.79 Å². The van der Waals surface area contributed by atoms with Gasteiger partial charge in [0.2, 0.25) is 5.91 Å². The summed E-state index contributed by atoms with van der Waals surface area (Å²) in [4.78, 5) is 25.6. The number of ether oxygens (including phenoxy) is 1. The molecule has 1 amide bonds. The second-order valence-corrected chi connectivity index (χ2v) is 5.91. The molecule has 136 valence electrons. The van der Waals surface area contributed by atoms with Crippen molar-refractivity contribution in [3.05, 3.63) is 46.1 Å². The van der Waals surface area contributed by atoms with Crippen molar-refractivity contribution < 1.29 is 14.1 Å². The summed E-state index contributed by atoms with van der Waals surface area (Å²) < 4.78 is 11.5. The predicted molar refractivity (Wildman–Crippen MR) is 96.5 cm³/mol. The van der Waals surface area contributed by atoms with Crippen LogP contribution in [0.2, 0.25) is 0 Å². The minimum absolute atomic E-state index is 0.179. The molecule has 8 heteroatoms. The third-order valence-corrected chi connectivity index (χ3v) is 4.24. The van der Waals surface area contributed by atoms with E-state index < -0.39 is 11.6 Å². The Kier molecular flexibility index (Phi) is 4.75. The molecule has 26 heavy (non-hydrogen) atoms. The van der Waals surface area contributed by atoms with Crippen LogP contribution in [0.25, 0.3) is 10.9 Å². The van der Waals surface area contributed by atoms with Crippen molar-refractivity contribution in [3.8, 4) is 5.75 Å². The maximum Gasteiger partial charge on any atom is 0.297 e. The zero-order valence-electron chi connectivity index (χ0n) is 15.1. The molecular weight excluding hydrogens is 336 g/mol. The number of amides is 1. The van der Waals surface area contributed by atoms with Crippen LogP contribution in [0.3, 0.4) is 0 Å². The Labute approximate surface area is 149 Å². The monoisotopic (exact) mass is 356 g/mol. The fourth-order valence-electron chi connectivity index (χ4n) is 2.95. The van der Waals surface area contributed by atoms with Gasteiger partial charge in [0.05, 0.1) is 23.9 Å². The lowest BCUT2D eigenvalue weighted by atomic mass is 10.2. The molecular formula is C18H20N4O4. The number of nitrogens with one attached hydrogen (secondary N) is 1. The molecule has 3 rings (SSSR count). The largest absolute Gasteiger partial charge is 0.495 e. The molecule has 2 heterocycles. The minimum atomic E-state index is -0.785. The molecule has 0 aliphatic rings. The first-order chi connectivity index (χ1) is 12.5. The Bertz CT molecular complexity index is 1020. The summed E-state index contributed by atoms with van der Waals surface area (Å²) in [5, 5.41) is 11.5. The van der Waals surface area contributed by atoms with Gasteiger partial charge in [-0.2, -0.15) is 5.10 Å². The van der Waals surface area contributed by atoms with Crippen LogP contribution < -0.4 is 15.6 Å². The lowest BCUT2D eigenvalue weighted by Crippen LogP contribution is -2.35. The third kappa shape index (κ3) is 2.94. The smallest absolute Gasteiger partial charge is 0.297 e. The van der Waals surface area contributed by atoms with Gasteiger partial charge in [-0.05, 0) is 32.4 Å². The van der Waals surface area contributed by atoms with E-state index in [0.29, 0.717) is 34.7 Å². The van der Waals surface area contributed by atoms with Crippen molar-refractivity contribution in [2.75, 3.05) is 12.4 Å². The number of methoxy groups -OCH3 is 1. The summed E-state index contributed by atoms with van der Waals surface area (Å²) in [5.41, 5.74) is 0.839. The summed E-state index contributed by atoms with van der Waals surface area (Å²) in [5.74, 6) is 0.709. The molecule has 0 aliphatic heterocycles. The van der Waals surface area contributed by atoms with Crippen LogP contribution in [0.5, 0.6) is 5.75 Å². The van der Waals surface area contributed by atoms with Gasteiger partial charge < -0.3 is 14.6 Å². The number of carbonyl (C=O) groups is 1. The summed E-state index contributed by atoms with van der Waals surface area (Å²) in [7, 11) is 1.53. The first-order valence-electron chi connectivity index (χ1n) is 8.27. The number of carbonyl (C=O) groups excluding carboxylic acids is 1. The minimum Gasteiger partial charge on any atom is -0.495 e. The van der Waals surface area contributed by atoms with Gasteiger partial charge in [-0.25, -0.2) is 4.68 Å². The summed E-state index contributed by atoms with van der Waals surface area (Å²) in [6.45, 7) is 5.29. The van der Waals surface area contributed by atoms with E-state index in [1.54, 1.807) is 32.0 Å². The predicted octanol–water partition coefficient (Wildman–Crippen LogP) is 2.60. The first kappa shape index (κ1) is 17.7. The van der Waals surface area contributed by atoms with Crippen LogP contribution in [0.1, 0.15) is 30.8 Å². The molecule has 0 saturated carbocycles. The number of aryl methyl sites for hydroxylation is 2. The van der Waals surface area contributed by atoms with Gasteiger partial charge in [0.15, 0.2) is 5.52 Å². The number of anilines is 1. The van der Waals surface area contributed by atoms with Crippen molar-refractivity contribution in [2.45, 2.75) is 33.2 Å². The fourth-order valence-corrected chi connectivity index (χ4v) is 2.95. The Hall–Kier alpha value is -3.16. The molecule has 1 aromatic carbocycles. The van der Waals surface area contributed by atoms with E-state index in [0.717, 1.165) is 0 Å². The molecule has 0 aliphatic carbocycles. The van der Waals surface area contributed by atoms with E-state index >= 15 is 0 Å². The van der Waals surface area contributed by atoms with Crippen LogP contribution in [0, 0.1) is 13.8 Å². The Morgan fingerprint density at radius 1 is 1.35 bits per heavy atom. The lowest BCUT2D eigenvalue weighted by molar-refractivity contribution is -0.119. The quantitative estimate of drug-likeness (QED) is 0.754.